The van der Waals surface area contributed by atoms with Crippen LogP contribution < -0.4 is 5.32 Å². The Morgan fingerprint density at radius 2 is 2.21 bits per heavy atom. The maximum atomic E-state index is 3.50. The van der Waals surface area contributed by atoms with Crippen LogP contribution in [0.4, 0.5) is 0 Å². The van der Waals surface area contributed by atoms with E-state index in [9.17, 15) is 0 Å². The SMILES string of the molecule is CCCCCCC(NC)C1CCCS1. The molecule has 0 radical (unpaired) electrons. The average molecular weight is 215 g/mol. The van der Waals surface area contributed by atoms with Crippen molar-refractivity contribution in [2.24, 2.45) is 0 Å². The largest absolute Gasteiger partial charge is 0.316 e. The van der Waals surface area contributed by atoms with Crippen LogP contribution in [0.15, 0.2) is 0 Å². The summed E-state index contributed by atoms with van der Waals surface area (Å²) < 4.78 is 0. The summed E-state index contributed by atoms with van der Waals surface area (Å²) in [5.41, 5.74) is 0. The summed E-state index contributed by atoms with van der Waals surface area (Å²) in [5, 5.41) is 4.40. The van der Waals surface area contributed by atoms with E-state index in [1.54, 1.807) is 0 Å². The molecule has 1 aliphatic rings. The van der Waals surface area contributed by atoms with Crippen LogP contribution in [0.2, 0.25) is 0 Å². The highest BCUT2D eigenvalue weighted by molar-refractivity contribution is 8.00. The fourth-order valence-corrected chi connectivity index (χ4v) is 3.70. The first-order chi connectivity index (χ1) is 6.88. The van der Waals surface area contributed by atoms with Gasteiger partial charge >= 0.3 is 0 Å². The molecule has 0 spiro atoms. The monoisotopic (exact) mass is 215 g/mol. The van der Waals surface area contributed by atoms with Gasteiger partial charge in [-0.1, -0.05) is 32.6 Å². The van der Waals surface area contributed by atoms with Crippen molar-refractivity contribution in [2.75, 3.05) is 12.8 Å². The lowest BCUT2D eigenvalue weighted by Gasteiger charge is -2.22. The Morgan fingerprint density at radius 3 is 2.79 bits per heavy atom. The molecule has 0 aliphatic carbocycles. The van der Waals surface area contributed by atoms with Gasteiger partial charge in [-0.05, 0) is 32.1 Å². The van der Waals surface area contributed by atoms with Crippen molar-refractivity contribution in [3.8, 4) is 0 Å². The maximum absolute atomic E-state index is 3.50. The van der Waals surface area contributed by atoms with Crippen LogP contribution in [0, 0.1) is 0 Å². The summed E-state index contributed by atoms with van der Waals surface area (Å²) in [6, 6.07) is 0.777. The summed E-state index contributed by atoms with van der Waals surface area (Å²) >= 11 is 2.18. The van der Waals surface area contributed by atoms with Gasteiger partial charge in [-0.3, -0.25) is 0 Å². The van der Waals surface area contributed by atoms with E-state index in [2.05, 4.69) is 31.1 Å². The number of nitrogens with one attached hydrogen (secondary N) is 1. The molecule has 1 nitrogen and oxygen atoms in total. The fourth-order valence-electron chi connectivity index (χ4n) is 2.23. The third-order valence-electron chi connectivity index (χ3n) is 3.15. The molecule has 1 aliphatic heterocycles. The second kappa shape index (κ2) is 7.58. The molecule has 1 N–H and O–H groups in total. The Balaban J connectivity index is 2.11. The van der Waals surface area contributed by atoms with Crippen molar-refractivity contribution in [1.29, 1.82) is 0 Å². The molecule has 0 aromatic carbocycles. The molecule has 1 fully saturated rings. The van der Waals surface area contributed by atoms with Crippen LogP contribution in [0.3, 0.4) is 0 Å². The third kappa shape index (κ3) is 4.22. The van der Waals surface area contributed by atoms with Gasteiger partial charge in [-0.15, -0.1) is 0 Å². The lowest BCUT2D eigenvalue weighted by molar-refractivity contribution is 0.466. The lowest BCUT2D eigenvalue weighted by atomic mass is 10.0. The molecule has 2 atom stereocenters. The first kappa shape index (κ1) is 12.4. The first-order valence-electron chi connectivity index (χ1n) is 6.17. The minimum Gasteiger partial charge on any atom is -0.316 e. The fraction of sp³-hybridized carbons (Fsp3) is 1.00. The second-order valence-electron chi connectivity index (χ2n) is 4.30. The molecule has 0 aromatic heterocycles. The predicted octanol–water partition coefficient (Wildman–Crippen LogP) is 3.44. The molecule has 1 saturated heterocycles. The summed E-state index contributed by atoms with van der Waals surface area (Å²) in [6.07, 6.45) is 9.85. The Bertz CT molecular complexity index is 132. The van der Waals surface area contributed by atoms with Crippen molar-refractivity contribution < 1.29 is 0 Å². The Morgan fingerprint density at radius 1 is 1.36 bits per heavy atom. The standard InChI is InChI=1S/C12H25NS/c1-3-4-5-6-8-11(13-2)12-9-7-10-14-12/h11-13H,3-10H2,1-2H3. The van der Waals surface area contributed by atoms with E-state index in [0.29, 0.717) is 0 Å². The lowest BCUT2D eigenvalue weighted by Crippen LogP contribution is -2.34. The normalized spacial score (nSPS) is 24.0. The zero-order chi connectivity index (χ0) is 10.2. The van der Waals surface area contributed by atoms with E-state index >= 15 is 0 Å². The quantitative estimate of drug-likeness (QED) is 0.653. The number of hydrogen-bond donors (Lipinski definition) is 1. The van der Waals surface area contributed by atoms with Crippen LogP contribution in [-0.2, 0) is 0 Å². The van der Waals surface area contributed by atoms with E-state index in [4.69, 9.17) is 0 Å². The van der Waals surface area contributed by atoms with Gasteiger partial charge in [-0.2, -0.15) is 11.8 Å². The van der Waals surface area contributed by atoms with Gasteiger partial charge in [0.15, 0.2) is 0 Å². The van der Waals surface area contributed by atoms with Crippen LogP contribution in [0.1, 0.15) is 51.9 Å². The van der Waals surface area contributed by atoms with Crippen LogP contribution >= 0.6 is 11.8 Å². The highest BCUT2D eigenvalue weighted by Gasteiger charge is 2.23. The molecule has 0 amide bonds. The van der Waals surface area contributed by atoms with Gasteiger partial charge < -0.3 is 5.32 Å². The van der Waals surface area contributed by atoms with Crippen LogP contribution in [0.25, 0.3) is 0 Å². The summed E-state index contributed by atoms with van der Waals surface area (Å²) in [5.74, 6) is 1.39. The number of hydrogen-bond acceptors (Lipinski definition) is 2. The molecule has 2 heteroatoms. The van der Waals surface area contributed by atoms with Gasteiger partial charge in [0.25, 0.3) is 0 Å². The number of unbranched alkanes of at least 4 members (excludes halogenated alkanes) is 3. The minimum atomic E-state index is 0.777. The van der Waals surface area contributed by atoms with Crippen molar-refractivity contribution >= 4 is 11.8 Å². The molecule has 2 unspecified atom stereocenters. The maximum Gasteiger partial charge on any atom is 0.0201 e. The van der Waals surface area contributed by atoms with Crippen molar-refractivity contribution in [3.63, 3.8) is 0 Å². The first-order valence-corrected chi connectivity index (χ1v) is 7.22. The van der Waals surface area contributed by atoms with Gasteiger partial charge in [0.05, 0.1) is 0 Å². The highest BCUT2D eigenvalue weighted by Crippen LogP contribution is 2.30. The molecular formula is C12H25NS. The van der Waals surface area contributed by atoms with Gasteiger partial charge in [0.1, 0.15) is 0 Å². The Hall–Kier alpha value is 0.310. The third-order valence-corrected chi connectivity index (χ3v) is 4.67. The molecule has 14 heavy (non-hydrogen) atoms. The van der Waals surface area contributed by atoms with E-state index in [0.717, 1.165) is 11.3 Å². The minimum absolute atomic E-state index is 0.777. The topological polar surface area (TPSA) is 12.0 Å². The summed E-state index contributed by atoms with van der Waals surface area (Å²) in [6.45, 7) is 2.28. The van der Waals surface area contributed by atoms with Crippen LogP contribution in [-0.4, -0.2) is 24.1 Å². The van der Waals surface area contributed by atoms with E-state index in [1.165, 1.54) is 50.7 Å². The molecule has 0 bridgehead atoms. The molecule has 1 rings (SSSR count). The second-order valence-corrected chi connectivity index (χ2v) is 5.64. The van der Waals surface area contributed by atoms with Crippen molar-refractivity contribution in [1.82, 2.24) is 5.32 Å². The zero-order valence-corrected chi connectivity index (χ0v) is 10.5. The number of thioether (sulfide) groups is 1. The van der Waals surface area contributed by atoms with E-state index in [-0.39, 0.29) is 0 Å². The molecule has 0 saturated carbocycles. The molecule has 0 aromatic rings. The molecule has 84 valence electrons. The van der Waals surface area contributed by atoms with E-state index in [1.807, 2.05) is 0 Å². The van der Waals surface area contributed by atoms with Gasteiger partial charge in [0, 0.05) is 11.3 Å². The van der Waals surface area contributed by atoms with Crippen molar-refractivity contribution in [3.05, 3.63) is 0 Å². The predicted molar refractivity (Wildman–Crippen MR) is 67.1 cm³/mol. The smallest absolute Gasteiger partial charge is 0.0201 e. The van der Waals surface area contributed by atoms with Gasteiger partial charge in [0.2, 0.25) is 0 Å². The molecular weight excluding hydrogens is 190 g/mol. The van der Waals surface area contributed by atoms with Crippen LogP contribution in [0.5, 0.6) is 0 Å². The highest BCUT2D eigenvalue weighted by atomic mass is 32.2. The molecule has 1 heterocycles. The number of rotatable bonds is 7. The Labute approximate surface area is 93.4 Å². The Kier molecular flexibility index (Phi) is 6.70. The summed E-state index contributed by atoms with van der Waals surface area (Å²) in [4.78, 5) is 0. The zero-order valence-electron chi connectivity index (χ0n) is 9.72. The van der Waals surface area contributed by atoms with Crippen molar-refractivity contribution in [2.45, 2.75) is 63.2 Å². The average Bonchev–Trinajstić information content (AvgIpc) is 2.71. The summed E-state index contributed by atoms with van der Waals surface area (Å²) in [7, 11) is 2.13. The van der Waals surface area contributed by atoms with E-state index < -0.39 is 0 Å². The van der Waals surface area contributed by atoms with Gasteiger partial charge in [-0.25, -0.2) is 0 Å².